The van der Waals surface area contributed by atoms with Crippen molar-refractivity contribution in [2.45, 2.75) is 25.8 Å². The molecule has 2 fully saturated rings. The number of benzene rings is 1. The minimum Gasteiger partial charge on any atom is -0.494 e. The quantitative estimate of drug-likeness (QED) is 0.895. The van der Waals surface area contributed by atoms with Crippen LogP contribution in [0.15, 0.2) is 24.3 Å². The van der Waals surface area contributed by atoms with E-state index >= 15 is 0 Å². The number of rotatable bonds is 5. The lowest BCUT2D eigenvalue weighted by atomic mass is 9.99. The minimum absolute atomic E-state index is 0. The molecule has 3 rings (SSSR count). The van der Waals surface area contributed by atoms with Crippen LogP contribution in [0.25, 0.3) is 0 Å². The van der Waals surface area contributed by atoms with Gasteiger partial charge in [0.2, 0.25) is 0 Å². The molecule has 1 heterocycles. The fraction of sp³-hybridized carbons (Fsp3) is 0.625. The van der Waals surface area contributed by atoms with Gasteiger partial charge >= 0.3 is 0 Å². The third kappa shape index (κ3) is 4.75. The Bertz CT molecular complexity index is 403. The fourth-order valence-electron chi connectivity index (χ4n) is 3.08. The van der Waals surface area contributed by atoms with Gasteiger partial charge in [0.15, 0.2) is 0 Å². The van der Waals surface area contributed by atoms with Crippen LogP contribution in [0, 0.1) is 5.92 Å². The largest absolute Gasteiger partial charge is 0.494 e. The van der Waals surface area contributed by atoms with E-state index in [9.17, 15) is 0 Å². The van der Waals surface area contributed by atoms with Gasteiger partial charge < -0.3 is 10.1 Å². The van der Waals surface area contributed by atoms with Crippen LogP contribution >= 0.6 is 24.8 Å². The summed E-state index contributed by atoms with van der Waals surface area (Å²) >= 11 is 0. The number of nitrogens with one attached hydrogen (secondary N) is 1. The second-order valence-electron chi connectivity index (χ2n) is 5.57. The summed E-state index contributed by atoms with van der Waals surface area (Å²) in [5.41, 5.74) is 1.47. The first-order valence-corrected chi connectivity index (χ1v) is 7.56. The highest BCUT2D eigenvalue weighted by Crippen LogP contribution is 2.44. The molecule has 1 aliphatic carbocycles. The van der Waals surface area contributed by atoms with Crippen molar-refractivity contribution in [3.63, 3.8) is 0 Å². The predicted molar refractivity (Wildman–Crippen MR) is 92.0 cm³/mol. The highest BCUT2D eigenvalue weighted by atomic mass is 35.5. The van der Waals surface area contributed by atoms with E-state index in [1.54, 1.807) is 0 Å². The Morgan fingerprint density at radius 1 is 1.14 bits per heavy atom. The summed E-state index contributed by atoms with van der Waals surface area (Å²) in [6.45, 7) is 7.37. The number of nitrogens with zero attached hydrogens (tertiary/aromatic N) is 1. The van der Waals surface area contributed by atoms with Crippen LogP contribution in [-0.4, -0.2) is 37.7 Å². The molecule has 0 spiro atoms. The third-order valence-corrected chi connectivity index (χ3v) is 4.15. The molecule has 1 N–H and O–H groups in total. The second-order valence-corrected chi connectivity index (χ2v) is 5.57. The first-order valence-electron chi connectivity index (χ1n) is 7.56. The highest BCUT2D eigenvalue weighted by molar-refractivity contribution is 5.85. The predicted octanol–water partition coefficient (Wildman–Crippen LogP) is 3.29. The smallest absolute Gasteiger partial charge is 0.119 e. The summed E-state index contributed by atoms with van der Waals surface area (Å²) in [5, 5.41) is 3.44. The van der Waals surface area contributed by atoms with Crippen molar-refractivity contribution in [2.24, 2.45) is 5.92 Å². The standard InChI is InChI=1S/C16H24N2O.2ClH/c1-2-19-15-7-5-14(6-8-15)16(13-3-4-13)18-11-9-17-10-12-18;;/h5-8,13,16-17H,2-4,9-12H2,1H3;2*1H/t16-;;/m1../s1. The van der Waals surface area contributed by atoms with Gasteiger partial charge in [0.1, 0.15) is 5.75 Å². The molecule has 0 amide bonds. The maximum atomic E-state index is 5.54. The molecule has 2 aliphatic rings. The molecular formula is C16H26Cl2N2O. The molecule has 0 unspecified atom stereocenters. The summed E-state index contributed by atoms with van der Waals surface area (Å²) in [5.74, 6) is 1.86. The number of hydrogen-bond donors (Lipinski definition) is 1. The fourth-order valence-corrected chi connectivity index (χ4v) is 3.08. The first kappa shape index (κ1) is 18.6. The van der Waals surface area contributed by atoms with Crippen LogP contribution in [0.2, 0.25) is 0 Å². The number of hydrogen-bond acceptors (Lipinski definition) is 3. The van der Waals surface area contributed by atoms with Gasteiger partial charge in [-0.2, -0.15) is 0 Å². The van der Waals surface area contributed by atoms with Crippen molar-refractivity contribution in [1.29, 1.82) is 0 Å². The van der Waals surface area contributed by atoms with Crippen molar-refractivity contribution in [1.82, 2.24) is 10.2 Å². The van der Waals surface area contributed by atoms with Crippen LogP contribution in [0.5, 0.6) is 5.75 Å². The Morgan fingerprint density at radius 3 is 2.29 bits per heavy atom. The number of piperazine rings is 1. The van der Waals surface area contributed by atoms with Gasteiger partial charge in [-0.1, -0.05) is 12.1 Å². The van der Waals surface area contributed by atoms with Gasteiger partial charge in [-0.3, -0.25) is 4.90 Å². The second kappa shape index (κ2) is 8.84. The molecule has 0 aromatic heterocycles. The van der Waals surface area contributed by atoms with Crippen LogP contribution in [-0.2, 0) is 0 Å². The van der Waals surface area contributed by atoms with Crippen LogP contribution in [0.4, 0.5) is 0 Å². The van der Waals surface area contributed by atoms with Crippen molar-refractivity contribution in [2.75, 3.05) is 32.8 Å². The van der Waals surface area contributed by atoms with E-state index in [2.05, 4.69) is 34.5 Å². The van der Waals surface area contributed by atoms with Crippen molar-refractivity contribution in [3.8, 4) is 5.75 Å². The van der Waals surface area contributed by atoms with E-state index in [4.69, 9.17) is 4.74 Å². The SMILES string of the molecule is CCOc1ccc([C@@H](C2CC2)N2CCNCC2)cc1.Cl.Cl. The van der Waals surface area contributed by atoms with Crippen LogP contribution in [0.3, 0.4) is 0 Å². The molecule has 1 saturated heterocycles. The number of ether oxygens (including phenoxy) is 1. The Morgan fingerprint density at radius 2 is 1.76 bits per heavy atom. The monoisotopic (exact) mass is 332 g/mol. The molecule has 3 nitrogen and oxygen atoms in total. The van der Waals surface area contributed by atoms with Crippen molar-refractivity contribution < 1.29 is 4.74 Å². The van der Waals surface area contributed by atoms with Crippen LogP contribution in [0.1, 0.15) is 31.4 Å². The first-order chi connectivity index (χ1) is 9.38. The molecule has 1 aromatic carbocycles. The van der Waals surface area contributed by atoms with Gasteiger partial charge in [-0.25, -0.2) is 0 Å². The summed E-state index contributed by atoms with van der Waals surface area (Å²) in [4.78, 5) is 2.66. The number of halogens is 2. The zero-order valence-corrected chi connectivity index (χ0v) is 14.2. The zero-order valence-electron chi connectivity index (χ0n) is 12.6. The van der Waals surface area contributed by atoms with E-state index in [0.717, 1.165) is 31.4 Å². The molecule has 1 atom stereocenters. The molecule has 1 aromatic rings. The normalized spacial score (nSPS) is 20.0. The van der Waals surface area contributed by atoms with Crippen LogP contribution < -0.4 is 10.1 Å². The summed E-state index contributed by atoms with van der Waals surface area (Å²) in [7, 11) is 0. The minimum atomic E-state index is 0. The molecule has 21 heavy (non-hydrogen) atoms. The van der Waals surface area contributed by atoms with E-state index < -0.39 is 0 Å². The Balaban J connectivity index is 0.00000110. The van der Waals surface area contributed by atoms with Gasteiger partial charge in [0, 0.05) is 32.2 Å². The molecular weight excluding hydrogens is 307 g/mol. The van der Waals surface area contributed by atoms with Crippen molar-refractivity contribution in [3.05, 3.63) is 29.8 Å². The molecule has 120 valence electrons. The molecule has 5 heteroatoms. The maximum Gasteiger partial charge on any atom is 0.119 e. The lowest BCUT2D eigenvalue weighted by Gasteiger charge is -2.35. The van der Waals surface area contributed by atoms with Gasteiger partial charge in [0.25, 0.3) is 0 Å². The van der Waals surface area contributed by atoms with E-state index in [1.807, 2.05) is 6.92 Å². The maximum absolute atomic E-state index is 5.54. The lowest BCUT2D eigenvalue weighted by Crippen LogP contribution is -2.45. The summed E-state index contributed by atoms with van der Waals surface area (Å²) in [6.07, 6.45) is 2.78. The Hall–Kier alpha value is -0.480. The Kier molecular flexibility index (Phi) is 7.82. The molecule has 1 aliphatic heterocycles. The Labute approximate surface area is 140 Å². The van der Waals surface area contributed by atoms with E-state index in [1.165, 1.54) is 31.5 Å². The zero-order chi connectivity index (χ0) is 13.1. The van der Waals surface area contributed by atoms with E-state index in [-0.39, 0.29) is 24.8 Å². The lowest BCUT2D eigenvalue weighted by molar-refractivity contribution is 0.156. The topological polar surface area (TPSA) is 24.5 Å². The van der Waals surface area contributed by atoms with Crippen molar-refractivity contribution >= 4 is 24.8 Å². The third-order valence-electron chi connectivity index (χ3n) is 4.15. The molecule has 0 bridgehead atoms. The molecule has 1 saturated carbocycles. The van der Waals surface area contributed by atoms with E-state index in [0.29, 0.717) is 6.04 Å². The highest BCUT2D eigenvalue weighted by Gasteiger charge is 2.36. The van der Waals surface area contributed by atoms with Gasteiger partial charge in [-0.15, -0.1) is 24.8 Å². The molecule has 0 radical (unpaired) electrons. The average Bonchev–Trinajstić information content (AvgIpc) is 3.27. The summed E-state index contributed by atoms with van der Waals surface area (Å²) in [6, 6.07) is 9.39. The van der Waals surface area contributed by atoms with Gasteiger partial charge in [0.05, 0.1) is 6.61 Å². The average molecular weight is 333 g/mol. The summed E-state index contributed by atoms with van der Waals surface area (Å²) < 4.78 is 5.54. The van der Waals surface area contributed by atoms with Gasteiger partial charge in [-0.05, 0) is 43.4 Å².